The van der Waals surface area contributed by atoms with E-state index in [-0.39, 0.29) is 6.42 Å². The number of nitrogens with zero attached hydrogens (tertiary/aromatic N) is 1. The van der Waals surface area contributed by atoms with Crippen molar-refractivity contribution >= 4 is 5.97 Å². The molecule has 0 unspecified atom stereocenters. The quantitative estimate of drug-likeness (QED) is 0.897. The number of alkyl halides is 2. The van der Waals surface area contributed by atoms with Crippen LogP contribution in [0.25, 0.3) is 0 Å². The summed E-state index contributed by atoms with van der Waals surface area (Å²) in [5, 5.41) is 17.7. The summed E-state index contributed by atoms with van der Waals surface area (Å²) in [5.74, 6) is -3.72. The van der Waals surface area contributed by atoms with Gasteiger partial charge in [-0.2, -0.15) is 5.26 Å². The summed E-state index contributed by atoms with van der Waals surface area (Å²) < 4.78 is 25.9. The Bertz CT molecular complexity index is 509. The van der Waals surface area contributed by atoms with Crippen molar-refractivity contribution < 1.29 is 18.7 Å². The molecule has 0 heterocycles. The molecule has 1 aliphatic carbocycles. The number of hydrogen-bond acceptors (Lipinski definition) is 2. The van der Waals surface area contributed by atoms with Gasteiger partial charge in [0.1, 0.15) is 0 Å². The Balaban J connectivity index is 2.20. The van der Waals surface area contributed by atoms with Crippen molar-refractivity contribution in [2.75, 3.05) is 0 Å². The van der Waals surface area contributed by atoms with E-state index in [9.17, 15) is 13.6 Å². The zero-order valence-corrected chi connectivity index (χ0v) is 9.49. The number of carboxylic acid groups (broad SMARTS) is 1. The van der Waals surface area contributed by atoms with E-state index in [4.69, 9.17) is 10.4 Å². The van der Waals surface area contributed by atoms with Crippen molar-refractivity contribution in [2.45, 2.75) is 30.6 Å². The third kappa shape index (κ3) is 2.19. The Hall–Kier alpha value is -1.96. The Morgan fingerprint density at radius 3 is 2.28 bits per heavy atom. The van der Waals surface area contributed by atoms with Crippen molar-refractivity contribution in [3.63, 3.8) is 0 Å². The highest BCUT2D eigenvalue weighted by atomic mass is 19.3. The van der Waals surface area contributed by atoms with Crippen molar-refractivity contribution in [1.29, 1.82) is 5.26 Å². The molecule has 0 atom stereocenters. The van der Waals surface area contributed by atoms with E-state index in [1.165, 1.54) is 0 Å². The Kier molecular flexibility index (Phi) is 2.81. The number of carbonyl (C=O) groups is 1. The molecule has 0 bridgehead atoms. The van der Waals surface area contributed by atoms with Crippen LogP contribution in [0.3, 0.4) is 0 Å². The lowest BCUT2D eigenvalue weighted by Crippen LogP contribution is -2.48. The van der Waals surface area contributed by atoms with E-state index >= 15 is 0 Å². The highest BCUT2D eigenvalue weighted by molar-refractivity contribution is 5.70. The minimum atomic E-state index is -2.77. The Morgan fingerprint density at radius 2 is 1.89 bits per heavy atom. The highest BCUT2D eigenvalue weighted by Gasteiger charge is 2.57. The van der Waals surface area contributed by atoms with Gasteiger partial charge < -0.3 is 5.11 Å². The van der Waals surface area contributed by atoms with Crippen LogP contribution in [0.4, 0.5) is 8.78 Å². The first-order valence-electron chi connectivity index (χ1n) is 5.47. The van der Waals surface area contributed by atoms with E-state index in [1.807, 2.05) is 6.07 Å². The normalized spacial score (nSPS) is 19.6. The first-order chi connectivity index (χ1) is 8.37. The SMILES string of the molecule is N#CC1(c2ccc(CC(=O)O)cc2)CC(F)(F)C1. The van der Waals surface area contributed by atoms with Crippen LogP contribution in [0.15, 0.2) is 24.3 Å². The molecule has 1 aliphatic rings. The third-order valence-electron chi connectivity index (χ3n) is 3.20. The second-order valence-corrected chi connectivity index (χ2v) is 4.67. The molecule has 0 amide bonds. The van der Waals surface area contributed by atoms with Crippen molar-refractivity contribution in [1.82, 2.24) is 0 Å². The predicted molar refractivity (Wildman–Crippen MR) is 59.3 cm³/mol. The number of nitriles is 1. The van der Waals surface area contributed by atoms with Crippen LogP contribution >= 0.6 is 0 Å². The number of hydrogen-bond donors (Lipinski definition) is 1. The van der Waals surface area contributed by atoms with Gasteiger partial charge in [0, 0.05) is 12.8 Å². The zero-order valence-electron chi connectivity index (χ0n) is 9.49. The number of carboxylic acids is 1. The molecule has 1 saturated carbocycles. The van der Waals surface area contributed by atoms with Crippen molar-refractivity contribution in [3.05, 3.63) is 35.4 Å². The Morgan fingerprint density at radius 1 is 1.33 bits per heavy atom. The lowest BCUT2D eigenvalue weighted by Gasteiger charge is -2.42. The minimum absolute atomic E-state index is 0.115. The lowest BCUT2D eigenvalue weighted by molar-refractivity contribution is -0.136. The van der Waals surface area contributed by atoms with Crippen LogP contribution in [0, 0.1) is 11.3 Å². The van der Waals surface area contributed by atoms with E-state index in [1.54, 1.807) is 24.3 Å². The van der Waals surface area contributed by atoms with Gasteiger partial charge in [-0.3, -0.25) is 4.79 Å². The fourth-order valence-corrected chi connectivity index (χ4v) is 2.30. The molecule has 0 radical (unpaired) electrons. The molecule has 5 heteroatoms. The van der Waals surface area contributed by atoms with Gasteiger partial charge in [0.25, 0.3) is 5.92 Å². The third-order valence-corrected chi connectivity index (χ3v) is 3.20. The molecule has 0 spiro atoms. The van der Waals surface area contributed by atoms with E-state index in [0.29, 0.717) is 11.1 Å². The van der Waals surface area contributed by atoms with Crippen LogP contribution < -0.4 is 0 Å². The van der Waals surface area contributed by atoms with E-state index < -0.39 is 30.1 Å². The summed E-state index contributed by atoms with van der Waals surface area (Å²) in [6, 6.07) is 8.22. The molecule has 94 valence electrons. The van der Waals surface area contributed by atoms with Crippen molar-refractivity contribution in [2.24, 2.45) is 0 Å². The van der Waals surface area contributed by atoms with Gasteiger partial charge in [0.2, 0.25) is 0 Å². The maximum atomic E-state index is 12.9. The topological polar surface area (TPSA) is 61.1 Å². The number of halogens is 2. The summed E-state index contributed by atoms with van der Waals surface area (Å²) >= 11 is 0. The number of aliphatic carboxylic acids is 1. The molecular formula is C13H11F2NO2. The molecule has 1 N–H and O–H groups in total. The second kappa shape index (κ2) is 4.05. The van der Waals surface area contributed by atoms with E-state index in [0.717, 1.165) is 0 Å². The molecular weight excluding hydrogens is 240 g/mol. The lowest BCUT2D eigenvalue weighted by atomic mass is 9.63. The van der Waals surface area contributed by atoms with Gasteiger partial charge in [0.15, 0.2) is 0 Å². The first kappa shape index (κ1) is 12.5. The average molecular weight is 251 g/mol. The van der Waals surface area contributed by atoms with Gasteiger partial charge in [-0.1, -0.05) is 24.3 Å². The summed E-state index contributed by atoms with van der Waals surface area (Å²) in [6.07, 6.45) is -1.04. The van der Waals surface area contributed by atoms with Crippen LogP contribution in [0.1, 0.15) is 24.0 Å². The van der Waals surface area contributed by atoms with Crippen LogP contribution in [0.5, 0.6) is 0 Å². The van der Waals surface area contributed by atoms with Crippen molar-refractivity contribution in [3.8, 4) is 6.07 Å². The van der Waals surface area contributed by atoms with E-state index in [2.05, 4.69) is 0 Å². The van der Waals surface area contributed by atoms with Crippen LogP contribution in [0.2, 0.25) is 0 Å². The molecule has 1 fully saturated rings. The fraction of sp³-hybridized carbons (Fsp3) is 0.385. The van der Waals surface area contributed by atoms with Gasteiger partial charge in [-0.25, -0.2) is 8.78 Å². The first-order valence-corrected chi connectivity index (χ1v) is 5.47. The second-order valence-electron chi connectivity index (χ2n) is 4.67. The molecule has 0 aromatic heterocycles. The molecule has 0 saturated heterocycles. The molecule has 0 aliphatic heterocycles. The standard InChI is InChI=1S/C13H11F2NO2/c14-13(15)6-12(7-13,8-16)10-3-1-9(2-4-10)5-11(17)18/h1-4H,5-7H2,(H,17,18). The average Bonchev–Trinajstić information content (AvgIpc) is 2.25. The smallest absolute Gasteiger partial charge is 0.307 e. The zero-order chi connectivity index (χ0) is 13.4. The van der Waals surface area contributed by atoms with Crippen LogP contribution in [-0.4, -0.2) is 17.0 Å². The summed E-state index contributed by atoms with van der Waals surface area (Å²) in [6.45, 7) is 0. The largest absolute Gasteiger partial charge is 0.481 e. The van der Waals surface area contributed by atoms with Gasteiger partial charge in [0.05, 0.1) is 17.9 Å². The molecule has 1 aromatic carbocycles. The molecule has 18 heavy (non-hydrogen) atoms. The maximum absolute atomic E-state index is 12.9. The summed E-state index contributed by atoms with van der Waals surface area (Å²) in [7, 11) is 0. The monoisotopic (exact) mass is 251 g/mol. The summed E-state index contributed by atoms with van der Waals surface area (Å²) in [5.41, 5.74) is 0.00103. The number of benzene rings is 1. The maximum Gasteiger partial charge on any atom is 0.307 e. The van der Waals surface area contributed by atoms with Gasteiger partial charge in [-0.05, 0) is 11.1 Å². The molecule has 3 nitrogen and oxygen atoms in total. The number of rotatable bonds is 3. The summed E-state index contributed by atoms with van der Waals surface area (Å²) in [4.78, 5) is 10.5. The molecule has 1 aromatic rings. The Labute approximate surface area is 103 Å². The van der Waals surface area contributed by atoms with Crippen LogP contribution in [-0.2, 0) is 16.6 Å². The highest BCUT2D eigenvalue weighted by Crippen LogP contribution is 2.52. The fourth-order valence-electron chi connectivity index (χ4n) is 2.30. The predicted octanol–water partition coefficient (Wildman–Crippen LogP) is 2.50. The van der Waals surface area contributed by atoms with Gasteiger partial charge in [-0.15, -0.1) is 0 Å². The minimum Gasteiger partial charge on any atom is -0.481 e. The van der Waals surface area contributed by atoms with Gasteiger partial charge >= 0.3 is 5.97 Å². The molecule has 2 rings (SSSR count).